The second-order valence-electron chi connectivity index (χ2n) is 9.17. The summed E-state index contributed by atoms with van der Waals surface area (Å²) in [5.74, 6) is -5.84. The van der Waals surface area contributed by atoms with Crippen LogP contribution in [0.4, 0.5) is 8.78 Å². The number of hydrogen-bond donors (Lipinski definition) is 1. The van der Waals surface area contributed by atoms with Crippen LogP contribution in [-0.2, 0) is 33.1 Å². The number of ketones is 1. The molecular weight excluding hydrogens is 438 g/mol. The Bertz CT molecular complexity index is 1140. The van der Waals surface area contributed by atoms with Crippen molar-refractivity contribution < 1.29 is 23.1 Å². The highest BCUT2D eigenvalue weighted by molar-refractivity contribution is 5.87. The second kappa shape index (κ2) is 10.2. The molecule has 2 aromatic carbocycles. The van der Waals surface area contributed by atoms with Gasteiger partial charge in [0, 0.05) is 24.4 Å². The van der Waals surface area contributed by atoms with Crippen LogP contribution in [0.5, 0.6) is 0 Å². The minimum absolute atomic E-state index is 0.148. The molecule has 1 heterocycles. The molecule has 3 aromatic rings. The zero-order valence-electron chi connectivity index (χ0n) is 19.4. The molecule has 178 valence electrons. The van der Waals surface area contributed by atoms with Gasteiger partial charge < -0.3 is 10.5 Å². The highest BCUT2D eigenvalue weighted by atomic mass is 19.3. The van der Waals surface area contributed by atoms with Gasteiger partial charge in [0.1, 0.15) is 5.60 Å². The maximum Gasteiger partial charge on any atom is 0.382 e. The van der Waals surface area contributed by atoms with Gasteiger partial charge >= 0.3 is 11.9 Å². The summed E-state index contributed by atoms with van der Waals surface area (Å²) in [6.07, 6.45) is 3.26. The number of esters is 1. The standard InChI is InChI=1S/C27H28F2N2O3/c1-26(2,3)34-25(33)27(28,29)22-14-19(13-21(17-22)20-9-11-31-12-10-20)16-24(32)23(30)15-18-7-5-4-6-8-18/h4-14,17,23H,15-16,30H2,1-3H3/t23-/m0/s1. The fourth-order valence-electron chi connectivity index (χ4n) is 3.46. The summed E-state index contributed by atoms with van der Waals surface area (Å²) in [6.45, 7) is 4.56. The molecule has 0 aliphatic heterocycles. The van der Waals surface area contributed by atoms with Crippen molar-refractivity contribution in [2.45, 2.75) is 51.2 Å². The number of aromatic nitrogens is 1. The van der Waals surface area contributed by atoms with Gasteiger partial charge in [0.2, 0.25) is 0 Å². The molecule has 0 fully saturated rings. The van der Waals surface area contributed by atoms with Crippen molar-refractivity contribution >= 4 is 11.8 Å². The van der Waals surface area contributed by atoms with Crippen molar-refractivity contribution in [3.63, 3.8) is 0 Å². The molecule has 0 saturated carbocycles. The molecule has 0 unspecified atom stereocenters. The van der Waals surface area contributed by atoms with Gasteiger partial charge in [-0.3, -0.25) is 9.78 Å². The monoisotopic (exact) mass is 466 g/mol. The van der Waals surface area contributed by atoms with E-state index in [1.165, 1.54) is 45.3 Å². The van der Waals surface area contributed by atoms with Crippen LogP contribution in [0, 0.1) is 0 Å². The van der Waals surface area contributed by atoms with Gasteiger partial charge in [-0.15, -0.1) is 0 Å². The highest BCUT2D eigenvalue weighted by Crippen LogP contribution is 2.35. The normalized spacial score (nSPS) is 12.8. The molecule has 1 aromatic heterocycles. The van der Waals surface area contributed by atoms with Gasteiger partial charge in [0.05, 0.1) is 6.04 Å². The van der Waals surface area contributed by atoms with Crippen molar-refractivity contribution in [1.82, 2.24) is 4.98 Å². The molecule has 1 atom stereocenters. The van der Waals surface area contributed by atoms with Gasteiger partial charge in [-0.05, 0) is 73.7 Å². The van der Waals surface area contributed by atoms with Crippen LogP contribution in [0.2, 0.25) is 0 Å². The van der Waals surface area contributed by atoms with E-state index < -0.39 is 29.1 Å². The SMILES string of the molecule is CC(C)(C)OC(=O)C(F)(F)c1cc(CC(=O)[C@@H](N)Cc2ccccc2)cc(-c2ccncc2)c1. The van der Waals surface area contributed by atoms with E-state index >= 15 is 8.78 Å². The number of halogens is 2. The van der Waals surface area contributed by atoms with Crippen LogP contribution in [0.25, 0.3) is 11.1 Å². The van der Waals surface area contributed by atoms with Crippen LogP contribution >= 0.6 is 0 Å². The highest BCUT2D eigenvalue weighted by Gasteiger charge is 2.45. The summed E-state index contributed by atoms with van der Waals surface area (Å²) in [6, 6.07) is 15.9. The third kappa shape index (κ3) is 6.54. The van der Waals surface area contributed by atoms with E-state index in [1.54, 1.807) is 18.2 Å². The molecule has 2 N–H and O–H groups in total. The maximum atomic E-state index is 15.1. The number of nitrogens with zero attached hydrogens (tertiary/aromatic N) is 1. The van der Waals surface area contributed by atoms with Crippen molar-refractivity contribution in [3.8, 4) is 11.1 Å². The Morgan fingerprint density at radius 2 is 1.59 bits per heavy atom. The Balaban J connectivity index is 1.93. The molecule has 0 aliphatic rings. The molecule has 0 saturated heterocycles. The average molecular weight is 467 g/mol. The molecule has 7 heteroatoms. The summed E-state index contributed by atoms with van der Waals surface area (Å²) < 4.78 is 35.2. The quantitative estimate of drug-likeness (QED) is 0.479. The van der Waals surface area contributed by atoms with E-state index in [1.807, 2.05) is 30.3 Å². The first-order chi connectivity index (χ1) is 16.0. The van der Waals surface area contributed by atoms with Crippen LogP contribution in [0.1, 0.15) is 37.5 Å². The molecule has 0 amide bonds. The average Bonchev–Trinajstić information content (AvgIpc) is 2.79. The molecule has 0 bridgehead atoms. The van der Waals surface area contributed by atoms with Crippen LogP contribution in [-0.4, -0.2) is 28.4 Å². The van der Waals surface area contributed by atoms with E-state index in [-0.39, 0.29) is 12.2 Å². The van der Waals surface area contributed by atoms with Crippen molar-refractivity contribution in [1.29, 1.82) is 0 Å². The Morgan fingerprint density at radius 3 is 2.21 bits per heavy atom. The largest absolute Gasteiger partial charge is 0.455 e. The van der Waals surface area contributed by atoms with E-state index in [2.05, 4.69) is 4.98 Å². The first-order valence-corrected chi connectivity index (χ1v) is 10.9. The van der Waals surface area contributed by atoms with Crippen LogP contribution < -0.4 is 5.73 Å². The van der Waals surface area contributed by atoms with E-state index in [0.29, 0.717) is 23.1 Å². The lowest BCUT2D eigenvalue weighted by atomic mass is 9.93. The molecule has 0 radical (unpaired) electrons. The Labute approximate surface area is 198 Å². The van der Waals surface area contributed by atoms with Crippen LogP contribution in [0.3, 0.4) is 0 Å². The number of ether oxygens (including phenoxy) is 1. The minimum Gasteiger partial charge on any atom is -0.455 e. The van der Waals surface area contributed by atoms with Gasteiger partial charge in [-0.2, -0.15) is 8.78 Å². The van der Waals surface area contributed by atoms with Crippen molar-refractivity contribution in [3.05, 3.63) is 89.7 Å². The van der Waals surface area contributed by atoms with E-state index in [4.69, 9.17) is 10.5 Å². The Hall–Kier alpha value is -3.45. The summed E-state index contributed by atoms with van der Waals surface area (Å²) in [7, 11) is 0. The Kier molecular flexibility index (Phi) is 7.57. The number of carbonyl (C=O) groups excluding carboxylic acids is 2. The molecular formula is C27H28F2N2O3. The summed E-state index contributed by atoms with van der Waals surface area (Å²) in [4.78, 5) is 29.1. The third-order valence-corrected chi connectivity index (χ3v) is 5.11. The van der Waals surface area contributed by atoms with Gasteiger partial charge in [0.15, 0.2) is 5.78 Å². The lowest BCUT2D eigenvalue weighted by molar-refractivity contribution is -0.185. The summed E-state index contributed by atoms with van der Waals surface area (Å²) >= 11 is 0. The van der Waals surface area contributed by atoms with E-state index in [0.717, 1.165) is 5.56 Å². The van der Waals surface area contributed by atoms with E-state index in [9.17, 15) is 9.59 Å². The number of carbonyl (C=O) groups is 2. The number of Topliss-reactive ketones (excluding diaryl/α,β-unsaturated/α-hetero) is 1. The molecule has 3 rings (SSSR count). The Morgan fingerprint density at radius 1 is 0.941 bits per heavy atom. The smallest absolute Gasteiger partial charge is 0.382 e. The number of rotatable bonds is 8. The number of benzene rings is 2. The van der Waals surface area contributed by atoms with Crippen LogP contribution in [0.15, 0.2) is 73.1 Å². The lowest BCUT2D eigenvalue weighted by Gasteiger charge is -2.24. The topological polar surface area (TPSA) is 82.3 Å². The van der Waals surface area contributed by atoms with Crippen molar-refractivity contribution in [2.24, 2.45) is 5.73 Å². The summed E-state index contributed by atoms with van der Waals surface area (Å²) in [5, 5.41) is 0. The predicted octanol–water partition coefficient (Wildman–Crippen LogP) is 4.86. The fourth-order valence-corrected chi connectivity index (χ4v) is 3.46. The lowest BCUT2D eigenvalue weighted by Crippen LogP contribution is -2.35. The first-order valence-electron chi connectivity index (χ1n) is 10.9. The minimum atomic E-state index is -3.90. The second-order valence-corrected chi connectivity index (χ2v) is 9.17. The third-order valence-electron chi connectivity index (χ3n) is 5.11. The van der Waals surface area contributed by atoms with Gasteiger partial charge in [-0.25, -0.2) is 4.79 Å². The predicted molar refractivity (Wildman–Crippen MR) is 126 cm³/mol. The number of nitrogens with two attached hydrogens (primary N) is 1. The van der Waals surface area contributed by atoms with Crippen molar-refractivity contribution in [2.75, 3.05) is 0 Å². The molecule has 0 spiro atoms. The zero-order valence-corrected chi connectivity index (χ0v) is 19.4. The fraction of sp³-hybridized carbons (Fsp3) is 0.296. The zero-order chi connectivity index (χ0) is 24.9. The van der Waals surface area contributed by atoms with Gasteiger partial charge in [0.25, 0.3) is 0 Å². The first kappa shape index (κ1) is 25.2. The number of pyridine rings is 1. The molecule has 0 aliphatic carbocycles. The molecule has 5 nitrogen and oxygen atoms in total. The molecule has 34 heavy (non-hydrogen) atoms. The van der Waals surface area contributed by atoms with Gasteiger partial charge in [-0.1, -0.05) is 36.4 Å². The number of alkyl halides is 2. The summed E-state index contributed by atoms with van der Waals surface area (Å²) in [5.41, 5.74) is 6.78. The number of hydrogen-bond acceptors (Lipinski definition) is 5. The maximum absolute atomic E-state index is 15.1.